The number of hydrogen-bond donors (Lipinski definition) is 0. The molecule has 2 rings (SSSR count). The average molecular weight is 309 g/mol. The molecule has 2 nitrogen and oxygen atoms in total. The van der Waals surface area contributed by atoms with Crippen LogP contribution in [0, 0.1) is 11.8 Å². The average Bonchev–Trinajstić information content (AvgIpc) is 2.85. The van der Waals surface area contributed by atoms with Crippen molar-refractivity contribution in [2.75, 3.05) is 0 Å². The van der Waals surface area contributed by atoms with Gasteiger partial charge in [-0.3, -0.25) is 4.79 Å². The molecule has 0 spiro atoms. The summed E-state index contributed by atoms with van der Waals surface area (Å²) in [6.45, 7) is 15.5. The summed E-state index contributed by atoms with van der Waals surface area (Å²) in [5.41, 5.74) is -0.0615. The van der Waals surface area contributed by atoms with Gasteiger partial charge in [0.05, 0.1) is 5.60 Å². The standard InChI is InChI=1S/C18H32O2Si/c1-7-8-10-18(20-21(5,6)17(2,3)4)11-9-14-12-15(19)13-16(14)18/h7,14,16H,1,8-13H2,2-6H3/t14-,16-,18+/m0/s1. The summed E-state index contributed by atoms with van der Waals surface area (Å²) in [7, 11) is -1.82. The summed E-state index contributed by atoms with van der Waals surface area (Å²) in [6.07, 6.45) is 7.88. The van der Waals surface area contributed by atoms with E-state index in [9.17, 15) is 4.79 Å². The highest BCUT2D eigenvalue weighted by molar-refractivity contribution is 6.74. The molecule has 0 heterocycles. The molecule has 2 saturated carbocycles. The number of carbonyl (C=O) groups is 1. The summed E-state index contributed by atoms with van der Waals surface area (Å²) < 4.78 is 6.95. The van der Waals surface area contributed by atoms with Crippen molar-refractivity contribution in [3.63, 3.8) is 0 Å². The van der Waals surface area contributed by atoms with Crippen molar-refractivity contribution in [1.82, 2.24) is 0 Å². The Balaban J connectivity index is 2.26. The molecule has 0 aromatic carbocycles. The van der Waals surface area contributed by atoms with Gasteiger partial charge in [0.15, 0.2) is 8.32 Å². The maximum absolute atomic E-state index is 11.9. The summed E-state index contributed by atoms with van der Waals surface area (Å²) in [6, 6.07) is 0. The molecule has 3 atom stereocenters. The molecule has 21 heavy (non-hydrogen) atoms. The minimum atomic E-state index is -1.82. The van der Waals surface area contributed by atoms with Crippen LogP contribution in [-0.4, -0.2) is 19.7 Å². The van der Waals surface area contributed by atoms with Crippen LogP contribution in [0.3, 0.4) is 0 Å². The molecule has 0 bridgehead atoms. The SMILES string of the molecule is C=CCC[C@@]1(O[Si](C)(C)C(C)(C)C)CC[C@H]2CC(=O)C[C@@H]21. The second kappa shape index (κ2) is 5.66. The lowest BCUT2D eigenvalue weighted by Crippen LogP contribution is -2.51. The molecule has 2 aliphatic rings. The molecule has 2 aliphatic carbocycles. The number of fused-ring (bicyclic) bond motifs is 1. The van der Waals surface area contributed by atoms with E-state index < -0.39 is 8.32 Å². The Kier molecular flexibility index (Phi) is 4.57. The highest BCUT2D eigenvalue weighted by atomic mass is 28.4. The first kappa shape index (κ1) is 16.9. The largest absolute Gasteiger partial charge is 0.411 e. The van der Waals surface area contributed by atoms with Crippen LogP contribution in [0.1, 0.15) is 59.3 Å². The zero-order chi connectivity index (χ0) is 15.9. The van der Waals surface area contributed by atoms with Crippen molar-refractivity contribution in [2.45, 2.75) is 83.0 Å². The maximum atomic E-state index is 11.9. The molecular weight excluding hydrogens is 276 g/mol. The Morgan fingerprint density at radius 2 is 2.05 bits per heavy atom. The van der Waals surface area contributed by atoms with Gasteiger partial charge in [0.1, 0.15) is 5.78 Å². The van der Waals surface area contributed by atoms with Crippen LogP contribution in [-0.2, 0) is 9.22 Å². The van der Waals surface area contributed by atoms with Crippen molar-refractivity contribution in [3.05, 3.63) is 12.7 Å². The van der Waals surface area contributed by atoms with Crippen LogP contribution in [0.15, 0.2) is 12.7 Å². The molecule has 3 heteroatoms. The van der Waals surface area contributed by atoms with Crippen LogP contribution in [0.4, 0.5) is 0 Å². The van der Waals surface area contributed by atoms with E-state index in [1.54, 1.807) is 0 Å². The second-order valence-corrected chi connectivity index (χ2v) is 13.3. The fourth-order valence-electron chi connectivity index (χ4n) is 3.96. The first-order valence-electron chi connectivity index (χ1n) is 8.44. The zero-order valence-corrected chi connectivity index (χ0v) is 15.5. The number of rotatable bonds is 5. The van der Waals surface area contributed by atoms with Gasteiger partial charge in [0.2, 0.25) is 0 Å². The number of hydrogen-bond acceptors (Lipinski definition) is 2. The third-order valence-corrected chi connectivity index (χ3v) is 10.7. The molecule has 0 radical (unpaired) electrons. The van der Waals surface area contributed by atoms with Gasteiger partial charge in [0, 0.05) is 12.8 Å². The topological polar surface area (TPSA) is 26.3 Å². The van der Waals surface area contributed by atoms with Gasteiger partial charge in [-0.15, -0.1) is 6.58 Å². The van der Waals surface area contributed by atoms with Gasteiger partial charge in [-0.25, -0.2) is 0 Å². The van der Waals surface area contributed by atoms with Gasteiger partial charge < -0.3 is 4.43 Å². The zero-order valence-electron chi connectivity index (χ0n) is 14.5. The fraction of sp³-hybridized carbons (Fsp3) is 0.833. The maximum Gasteiger partial charge on any atom is 0.192 e. The van der Waals surface area contributed by atoms with Gasteiger partial charge in [-0.1, -0.05) is 26.8 Å². The van der Waals surface area contributed by atoms with E-state index >= 15 is 0 Å². The van der Waals surface area contributed by atoms with E-state index in [1.165, 1.54) is 6.42 Å². The summed E-state index contributed by atoms with van der Waals surface area (Å²) in [5.74, 6) is 1.48. The smallest absolute Gasteiger partial charge is 0.192 e. The lowest BCUT2D eigenvalue weighted by molar-refractivity contribution is -0.118. The number of allylic oxidation sites excluding steroid dienone is 1. The number of Topliss-reactive ketones (excluding diaryl/α,β-unsaturated/α-hetero) is 1. The molecule has 0 saturated heterocycles. The van der Waals surface area contributed by atoms with Gasteiger partial charge in [-0.05, 0) is 55.7 Å². The Bertz CT molecular complexity index is 421. The molecule has 0 unspecified atom stereocenters. The summed E-state index contributed by atoms with van der Waals surface area (Å²) in [4.78, 5) is 11.9. The van der Waals surface area contributed by atoms with E-state index in [-0.39, 0.29) is 10.6 Å². The molecule has 120 valence electrons. The van der Waals surface area contributed by atoms with Gasteiger partial charge >= 0.3 is 0 Å². The predicted octanol–water partition coefficient (Wildman–Crippen LogP) is 5.10. The Morgan fingerprint density at radius 1 is 1.38 bits per heavy atom. The molecule has 0 N–H and O–H groups in total. The summed E-state index contributed by atoms with van der Waals surface area (Å²) >= 11 is 0. The predicted molar refractivity (Wildman–Crippen MR) is 90.9 cm³/mol. The molecule has 0 aromatic heterocycles. The second-order valence-electron chi connectivity index (χ2n) is 8.61. The van der Waals surface area contributed by atoms with Gasteiger partial charge in [-0.2, -0.15) is 0 Å². The lowest BCUT2D eigenvalue weighted by atomic mass is 9.84. The van der Waals surface area contributed by atoms with Crippen LogP contribution in [0.2, 0.25) is 18.1 Å². The molecule has 0 amide bonds. The van der Waals surface area contributed by atoms with Crippen molar-refractivity contribution in [3.8, 4) is 0 Å². The van der Waals surface area contributed by atoms with Crippen LogP contribution in [0.5, 0.6) is 0 Å². The highest BCUT2D eigenvalue weighted by Crippen LogP contribution is 2.55. The quantitative estimate of drug-likeness (QED) is 0.521. The van der Waals surface area contributed by atoms with Crippen LogP contribution >= 0.6 is 0 Å². The van der Waals surface area contributed by atoms with E-state index in [1.807, 2.05) is 6.08 Å². The minimum absolute atomic E-state index is 0.0615. The Morgan fingerprint density at radius 3 is 2.62 bits per heavy atom. The van der Waals surface area contributed by atoms with Crippen molar-refractivity contribution < 1.29 is 9.22 Å². The lowest BCUT2D eigenvalue weighted by Gasteiger charge is -2.47. The van der Waals surface area contributed by atoms with E-state index in [2.05, 4.69) is 40.4 Å². The van der Waals surface area contributed by atoms with Crippen molar-refractivity contribution in [1.29, 1.82) is 0 Å². The fourth-order valence-corrected chi connectivity index (χ4v) is 5.64. The van der Waals surface area contributed by atoms with E-state index in [0.717, 1.165) is 32.1 Å². The van der Waals surface area contributed by atoms with Crippen molar-refractivity contribution in [2.24, 2.45) is 11.8 Å². The van der Waals surface area contributed by atoms with E-state index in [0.29, 0.717) is 17.6 Å². The molecule has 0 aromatic rings. The van der Waals surface area contributed by atoms with Gasteiger partial charge in [0.25, 0.3) is 0 Å². The first-order chi connectivity index (χ1) is 9.61. The first-order valence-corrected chi connectivity index (χ1v) is 11.3. The van der Waals surface area contributed by atoms with E-state index in [4.69, 9.17) is 4.43 Å². The highest BCUT2D eigenvalue weighted by Gasteiger charge is 2.56. The van der Waals surface area contributed by atoms with Crippen molar-refractivity contribution >= 4 is 14.1 Å². The molecular formula is C18H32O2Si. The molecule has 2 fully saturated rings. The minimum Gasteiger partial charge on any atom is -0.411 e. The van der Waals surface area contributed by atoms with Crippen LogP contribution in [0.25, 0.3) is 0 Å². The number of carbonyl (C=O) groups excluding carboxylic acids is 1. The van der Waals surface area contributed by atoms with Crippen LogP contribution < -0.4 is 0 Å². The Hall–Kier alpha value is -0.413. The monoisotopic (exact) mass is 308 g/mol. The summed E-state index contributed by atoms with van der Waals surface area (Å²) in [5, 5.41) is 0.217. The normalized spacial score (nSPS) is 33.3. The number of ketones is 1. The Labute approximate surface area is 131 Å². The third-order valence-electron chi connectivity index (χ3n) is 6.16. The molecule has 0 aliphatic heterocycles. The third kappa shape index (κ3) is 3.19.